The zero-order valence-electron chi connectivity index (χ0n) is 8.58. The number of amides is 2. The highest BCUT2D eigenvalue weighted by Crippen LogP contribution is 2.30. The number of nitrogens with one attached hydrogen (secondary N) is 2. The molecule has 15 heavy (non-hydrogen) atoms. The summed E-state index contributed by atoms with van der Waals surface area (Å²) in [4.78, 5) is 23.4. The van der Waals surface area contributed by atoms with E-state index in [-0.39, 0.29) is 18.4 Å². The van der Waals surface area contributed by atoms with Gasteiger partial charge in [0.1, 0.15) is 11.6 Å². The molecule has 84 valence electrons. The van der Waals surface area contributed by atoms with E-state index in [1.807, 2.05) is 0 Å². The van der Waals surface area contributed by atoms with Crippen LogP contribution in [0, 0.1) is 0 Å². The summed E-state index contributed by atoms with van der Waals surface area (Å²) in [7, 11) is 0. The van der Waals surface area contributed by atoms with Gasteiger partial charge in [-0.3, -0.25) is 9.59 Å². The first-order valence-electron chi connectivity index (χ1n) is 5.42. The van der Waals surface area contributed by atoms with Gasteiger partial charge in [-0.05, 0) is 12.8 Å². The minimum absolute atomic E-state index is 0.138. The molecule has 2 rings (SSSR count). The lowest BCUT2D eigenvalue weighted by atomic mass is 9.79. The second-order valence-electron chi connectivity index (χ2n) is 4.34. The van der Waals surface area contributed by atoms with Crippen LogP contribution in [-0.4, -0.2) is 35.1 Å². The van der Waals surface area contributed by atoms with Crippen molar-refractivity contribution in [2.45, 2.75) is 43.7 Å². The summed E-state index contributed by atoms with van der Waals surface area (Å²) in [6, 6.07) is -0.773. The first-order chi connectivity index (χ1) is 7.18. The minimum Gasteiger partial charge on any atom is -0.394 e. The normalized spacial score (nSPS) is 29.8. The molecule has 1 saturated heterocycles. The van der Waals surface area contributed by atoms with Crippen LogP contribution in [0.25, 0.3) is 0 Å². The van der Waals surface area contributed by atoms with Crippen molar-refractivity contribution < 1.29 is 14.7 Å². The van der Waals surface area contributed by atoms with E-state index in [1.165, 1.54) is 0 Å². The first-order valence-corrected chi connectivity index (χ1v) is 5.42. The summed E-state index contributed by atoms with van der Waals surface area (Å²) >= 11 is 0. The summed E-state index contributed by atoms with van der Waals surface area (Å²) in [5.74, 6) is -0.403. The highest BCUT2D eigenvalue weighted by molar-refractivity contribution is 5.99. The van der Waals surface area contributed by atoms with Crippen LogP contribution in [-0.2, 0) is 9.59 Å². The van der Waals surface area contributed by atoms with Crippen LogP contribution in [0.1, 0.15) is 32.1 Å². The van der Waals surface area contributed by atoms with Crippen LogP contribution < -0.4 is 10.6 Å². The Bertz CT molecular complexity index is 284. The van der Waals surface area contributed by atoms with E-state index >= 15 is 0 Å². The molecule has 0 bridgehead atoms. The maximum Gasteiger partial charge on any atom is 0.246 e. The van der Waals surface area contributed by atoms with Gasteiger partial charge in [-0.2, -0.15) is 0 Å². The Balaban J connectivity index is 2.14. The Hall–Kier alpha value is -1.10. The number of carbonyl (C=O) groups excluding carboxylic acids is 2. The fourth-order valence-corrected chi connectivity index (χ4v) is 2.38. The topological polar surface area (TPSA) is 78.4 Å². The summed E-state index contributed by atoms with van der Waals surface area (Å²) in [6.45, 7) is -0.340. The molecule has 1 atom stereocenters. The molecule has 0 aromatic carbocycles. The summed E-state index contributed by atoms with van der Waals surface area (Å²) in [6.07, 6.45) is 4.48. The van der Waals surface area contributed by atoms with Gasteiger partial charge in [0.15, 0.2) is 0 Å². The molecule has 5 nitrogen and oxygen atoms in total. The maximum atomic E-state index is 11.8. The van der Waals surface area contributed by atoms with Gasteiger partial charge < -0.3 is 15.7 Å². The fourth-order valence-electron chi connectivity index (χ4n) is 2.38. The number of piperazine rings is 1. The first kappa shape index (κ1) is 10.4. The Labute approximate surface area is 88.2 Å². The van der Waals surface area contributed by atoms with Crippen molar-refractivity contribution in [3.05, 3.63) is 0 Å². The molecule has 2 fully saturated rings. The summed E-state index contributed by atoms with van der Waals surface area (Å²) in [5.41, 5.74) is -0.693. The number of hydrogen-bond acceptors (Lipinski definition) is 3. The molecule has 0 aromatic heterocycles. The Morgan fingerprint density at radius 3 is 2.53 bits per heavy atom. The molecule has 1 heterocycles. The van der Waals surface area contributed by atoms with Crippen LogP contribution >= 0.6 is 0 Å². The Kier molecular flexibility index (Phi) is 2.65. The molecule has 1 aliphatic heterocycles. The third-order valence-electron chi connectivity index (χ3n) is 3.31. The van der Waals surface area contributed by atoms with Gasteiger partial charge in [0, 0.05) is 0 Å². The molecule has 2 amide bonds. The van der Waals surface area contributed by atoms with Crippen LogP contribution in [0.3, 0.4) is 0 Å². The highest BCUT2D eigenvalue weighted by atomic mass is 16.3. The number of carbonyl (C=O) groups is 2. The molecule has 1 spiro atoms. The average Bonchev–Trinajstić information content (AvgIpc) is 2.25. The predicted molar refractivity (Wildman–Crippen MR) is 53.0 cm³/mol. The zero-order valence-corrected chi connectivity index (χ0v) is 8.58. The van der Waals surface area contributed by atoms with Crippen molar-refractivity contribution in [1.29, 1.82) is 0 Å². The summed E-state index contributed by atoms with van der Waals surface area (Å²) in [5, 5.41) is 14.2. The second kappa shape index (κ2) is 3.81. The predicted octanol–water partition coefficient (Wildman–Crippen LogP) is -0.704. The van der Waals surface area contributed by atoms with E-state index < -0.39 is 11.6 Å². The number of aliphatic hydroxyl groups is 1. The highest BCUT2D eigenvalue weighted by Gasteiger charge is 2.46. The molecule has 0 unspecified atom stereocenters. The SMILES string of the molecule is O=C1NC2(CCCCC2)C(=O)N[C@H]1CO. The lowest BCUT2D eigenvalue weighted by Gasteiger charge is -2.41. The van der Waals surface area contributed by atoms with Crippen molar-refractivity contribution in [2.75, 3.05) is 6.61 Å². The maximum absolute atomic E-state index is 11.8. The van der Waals surface area contributed by atoms with Gasteiger partial charge in [-0.1, -0.05) is 19.3 Å². The van der Waals surface area contributed by atoms with E-state index in [4.69, 9.17) is 5.11 Å². The molecule has 1 aliphatic carbocycles. The fraction of sp³-hybridized carbons (Fsp3) is 0.800. The van der Waals surface area contributed by atoms with E-state index in [9.17, 15) is 9.59 Å². The lowest BCUT2D eigenvalue weighted by molar-refractivity contribution is -0.144. The van der Waals surface area contributed by atoms with Crippen LogP contribution in [0.2, 0.25) is 0 Å². The Morgan fingerprint density at radius 2 is 1.93 bits per heavy atom. The van der Waals surface area contributed by atoms with Crippen LogP contribution in [0.15, 0.2) is 0 Å². The van der Waals surface area contributed by atoms with Crippen molar-refractivity contribution in [3.8, 4) is 0 Å². The molecule has 0 aromatic rings. The molecular formula is C10H16N2O3. The van der Waals surface area contributed by atoms with Gasteiger partial charge in [0.05, 0.1) is 6.61 Å². The molecule has 1 saturated carbocycles. The average molecular weight is 212 g/mol. The van der Waals surface area contributed by atoms with Gasteiger partial charge in [-0.15, -0.1) is 0 Å². The second-order valence-corrected chi connectivity index (χ2v) is 4.34. The molecule has 3 N–H and O–H groups in total. The van der Waals surface area contributed by atoms with Gasteiger partial charge in [-0.25, -0.2) is 0 Å². The Morgan fingerprint density at radius 1 is 1.27 bits per heavy atom. The van der Waals surface area contributed by atoms with Crippen molar-refractivity contribution in [2.24, 2.45) is 0 Å². The third kappa shape index (κ3) is 1.71. The molecule has 5 heteroatoms. The smallest absolute Gasteiger partial charge is 0.246 e. The van der Waals surface area contributed by atoms with Crippen LogP contribution in [0.5, 0.6) is 0 Å². The van der Waals surface area contributed by atoms with Crippen molar-refractivity contribution in [1.82, 2.24) is 10.6 Å². The zero-order chi connectivity index (χ0) is 10.9. The largest absolute Gasteiger partial charge is 0.394 e. The standard InChI is InChI=1S/C10H16N2O3/c13-6-7-8(14)12-10(9(15)11-7)4-2-1-3-5-10/h7,13H,1-6H2,(H,11,15)(H,12,14)/t7-/m0/s1. The quantitative estimate of drug-likeness (QED) is 0.537. The van der Waals surface area contributed by atoms with E-state index in [1.54, 1.807) is 0 Å². The van der Waals surface area contributed by atoms with E-state index in [2.05, 4.69) is 10.6 Å². The van der Waals surface area contributed by atoms with Crippen molar-refractivity contribution in [3.63, 3.8) is 0 Å². The number of hydrogen-bond donors (Lipinski definition) is 3. The summed E-state index contributed by atoms with van der Waals surface area (Å²) < 4.78 is 0. The molecule has 2 aliphatic rings. The van der Waals surface area contributed by atoms with Crippen molar-refractivity contribution >= 4 is 11.8 Å². The van der Waals surface area contributed by atoms with E-state index in [0.29, 0.717) is 12.8 Å². The molecular weight excluding hydrogens is 196 g/mol. The van der Waals surface area contributed by atoms with Crippen LogP contribution in [0.4, 0.5) is 0 Å². The molecule has 0 radical (unpaired) electrons. The van der Waals surface area contributed by atoms with Gasteiger partial charge in [0.2, 0.25) is 11.8 Å². The number of rotatable bonds is 1. The third-order valence-corrected chi connectivity index (χ3v) is 3.31. The number of aliphatic hydroxyl groups excluding tert-OH is 1. The monoisotopic (exact) mass is 212 g/mol. The minimum atomic E-state index is -0.773. The van der Waals surface area contributed by atoms with E-state index in [0.717, 1.165) is 19.3 Å². The van der Waals surface area contributed by atoms with Gasteiger partial charge >= 0.3 is 0 Å². The van der Waals surface area contributed by atoms with Gasteiger partial charge in [0.25, 0.3) is 0 Å². The lowest BCUT2D eigenvalue weighted by Crippen LogP contribution is -2.70.